The molecule has 0 nitrogen and oxygen atoms in total. The fraction of sp³-hybridized carbons (Fsp3) is 0.143. The summed E-state index contributed by atoms with van der Waals surface area (Å²) in [6, 6.07) is 1.56. The summed E-state index contributed by atoms with van der Waals surface area (Å²) in [6.07, 6.45) is 0. The van der Waals surface area contributed by atoms with Crippen LogP contribution in [0.15, 0.2) is 6.07 Å². The summed E-state index contributed by atoms with van der Waals surface area (Å²) >= 11 is 35.4. The molecule has 0 saturated carbocycles. The summed E-state index contributed by atoms with van der Waals surface area (Å²) in [5.74, 6) is 0. The van der Waals surface area contributed by atoms with Gasteiger partial charge in [0.25, 0.3) is 6.69 Å². The molecule has 0 atom stereocenters. The number of benzene rings is 1. The molecule has 0 bridgehead atoms. The van der Waals surface area contributed by atoms with Crippen molar-refractivity contribution in [2.24, 2.45) is 0 Å². The van der Waals surface area contributed by atoms with E-state index < -0.39 is 6.69 Å². The van der Waals surface area contributed by atoms with E-state index in [9.17, 15) is 0 Å². The van der Waals surface area contributed by atoms with Crippen molar-refractivity contribution in [2.45, 2.75) is 6.55 Å². The van der Waals surface area contributed by atoms with Gasteiger partial charge in [-0.05, 0) is 17.8 Å². The monoisotopic (exact) mass is 326 g/mol. The summed E-state index contributed by atoms with van der Waals surface area (Å²) in [5, 5.41) is 1.56. The van der Waals surface area contributed by atoms with Crippen LogP contribution in [-0.4, -0.2) is 6.69 Å². The second kappa shape index (κ2) is 4.58. The van der Waals surface area contributed by atoms with Gasteiger partial charge in [0.2, 0.25) is 0 Å². The number of hydrogen-bond acceptors (Lipinski definition) is 0. The molecule has 0 aromatic heterocycles. The van der Waals surface area contributed by atoms with Crippen LogP contribution in [0.3, 0.4) is 0 Å². The molecule has 1 rings (SSSR count). The van der Waals surface area contributed by atoms with Gasteiger partial charge in [-0.25, -0.2) is 0 Å². The zero-order valence-corrected chi connectivity index (χ0v) is 12.4. The van der Waals surface area contributed by atoms with Crippen molar-refractivity contribution in [3.8, 4) is 0 Å². The van der Waals surface area contributed by atoms with Crippen LogP contribution < -0.4 is 5.19 Å². The summed E-state index contributed by atoms with van der Waals surface area (Å²) < 4.78 is 0. The van der Waals surface area contributed by atoms with Crippen LogP contribution in [0, 0.1) is 0 Å². The zero-order valence-electron chi connectivity index (χ0n) is 6.85. The van der Waals surface area contributed by atoms with Crippen molar-refractivity contribution in [3.63, 3.8) is 0 Å². The van der Waals surface area contributed by atoms with Crippen LogP contribution in [0.4, 0.5) is 0 Å². The van der Waals surface area contributed by atoms with Gasteiger partial charge in [-0.3, -0.25) is 0 Å². The molecule has 0 aliphatic heterocycles. The fourth-order valence-corrected chi connectivity index (χ4v) is 4.52. The molecule has 1 aromatic carbocycles. The third-order valence-corrected chi connectivity index (χ3v) is 6.05. The van der Waals surface area contributed by atoms with E-state index in [4.69, 9.17) is 68.6 Å². The predicted octanol–water partition coefficient (Wildman–Crippen LogP) is 5.06. The maximum absolute atomic E-state index is 6.02. The Balaban J connectivity index is 3.49. The molecule has 1 aromatic rings. The predicted molar refractivity (Wildman–Crippen MR) is 69.4 cm³/mol. The highest BCUT2D eigenvalue weighted by Crippen LogP contribution is 2.36. The van der Waals surface area contributed by atoms with E-state index in [0.29, 0.717) is 10.2 Å². The maximum atomic E-state index is 6.02. The molecule has 0 heterocycles. The lowest BCUT2D eigenvalue weighted by Crippen LogP contribution is -2.33. The van der Waals surface area contributed by atoms with Crippen LogP contribution in [0.5, 0.6) is 0 Å². The van der Waals surface area contributed by atoms with Gasteiger partial charge >= 0.3 is 0 Å². The van der Waals surface area contributed by atoms with Crippen LogP contribution in [0.25, 0.3) is 0 Å². The molecule has 0 aliphatic rings. The van der Waals surface area contributed by atoms with Gasteiger partial charge in [-0.15, -0.1) is 22.2 Å². The molecule has 0 radical (unpaired) electrons. The minimum atomic E-state index is -2.58. The minimum absolute atomic E-state index is 0.191. The van der Waals surface area contributed by atoms with E-state index >= 15 is 0 Å². The Labute approximate surface area is 112 Å². The molecule has 0 fully saturated rings. The van der Waals surface area contributed by atoms with Gasteiger partial charge in [0, 0.05) is 0 Å². The SMILES string of the molecule is C[Si](Cl)(Cl)c1cc(Cl)c(Cl)c(Cl)c1Cl. The van der Waals surface area contributed by atoms with Crippen molar-refractivity contribution in [2.75, 3.05) is 0 Å². The highest BCUT2D eigenvalue weighted by Gasteiger charge is 2.29. The molecular formula is C7H4Cl6Si. The van der Waals surface area contributed by atoms with E-state index in [0.717, 1.165) is 0 Å². The average molecular weight is 329 g/mol. The van der Waals surface area contributed by atoms with Crippen molar-refractivity contribution in [1.82, 2.24) is 0 Å². The first-order valence-electron chi connectivity index (χ1n) is 3.46. The average Bonchev–Trinajstić information content (AvgIpc) is 2.06. The second-order valence-electron chi connectivity index (χ2n) is 2.74. The molecule has 0 saturated heterocycles. The van der Waals surface area contributed by atoms with Crippen molar-refractivity contribution < 1.29 is 0 Å². The molecule has 0 spiro atoms. The second-order valence-corrected chi connectivity index (χ2v) is 11.7. The molecule has 0 N–H and O–H groups in total. The molecule has 0 unspecified atom stereocenters. The Bertz CT molecular complexity index is 369. The van der Waals surface area contributed by atoms with E-state index in [1.807, 2.05) is 0 Å². The van der Waals surface area contributed by atoms with Gasteiger partial charge in [0.15, 0.2) is 0 Å². The van der Waals surface area contributed by atoms with E-state index in [2.05, 4.69) is 0 Å². The highest BCUT2D eigenvalue weighted by atomic mass is 35.7. The number of hydrogen-bond donors (Lipinski definition) is 0. The molecule has 0 aliphatic carbocycles. The molecular weight excluding hydrogens is 325 g/mol. The topological polar surface area (TPSA) is 0 Å². The number of rotatable bonds is 1. The lowest BCUT2D eigenvalue weighted by molar-refractivity contribution is 1.74. The quantitative estimate of drug-likeness (QED) is 0.293. The normalized spacial score (nSPS) is 11.9. The molecule has 0 amide bonds. The third-order valence-electron chi connectivity index (χ3n) is 1.58. The Hall–Kier alpha value is 1.18. The number of halogens is 6. The van der Waals surface area contributed by atoms with E-state index in [1.165, 1.54) is 0 Å². The summed E-state index contributed by atoms with van der Waals surface area (Å²) in [4.78, 5) is 0. The Morgan fingerprint density at radius 2 is 1.43 bits per heavy atom. The van der Waals surface area contributed by atoms with Crippen molar-refractivity contribution in [1.29, 1.82) is 0 Å². The van der Waals surface area contributed by atoms with Crippen molar-refractivity contribution in [3.05, 3.63) is 26.2 Å². The van der Waals surface area contributed by atoms with Crippen LogP contribution in [-0.2, 0) is 0 Å². The smallest absolute Gasteiger partial charge is 0.140 e. The summed E-state index contributed by atoms with van der Waals surface area (Å²) in [5.41, 5.74) is 0. The van der Waals surface area contributed by atoms with Gasteiger partial charge in [0.1, 0.15) is 0 Å². The van der Waals surface area contributed by atoms with Crippen LogP contribution in [0.2, 0.25) is 26.6 Å². The standard InChI is InChI=1S/C7H4Cl6Si/c1-14(12,13)4-2-3(8)5(9)7(11)6(4)10/h2H,1H3. The Morgan fingerprint density at radius 1 is 0.929 bits per heavy atom. The zero-order chi connectivity index (χ0) is 11.1. The minimum Gasteiger partial charge on any atom is -0.140 e. The first-order valence-corrected chi connectivity index (χ1v) is 9.50. The first kappa shape index (κ1) is 13.2. The highest BCUT2D eigenvalue weighted by molar-refractivity contribution is 7.50. The molecule has 14 heavy (non-hydrogen) atoms. The third kappa shape index (κ3) is 2.65. The summed E-state index contributed by atoms with van der Waals surface area (Å²) in [6.45, 7) is -0.872. The van der Waals surface area contributed by atoms with E-state index in [1.54, 1.807) is 12.6 Å². The van der Waals surface area contributed by atoms with Gasteiger partial charge in [0.05, 0.1) is 20.1 Å². The summed E-state index contributed by atoms with van der Waals surface area (Å²) in [7, 11) is 0. The lowest BCUT2D eigenvalue weighted by atomic mass is 10.3. The largest absolute Gasteiger partial charge is 0.279 e. The fourth-order valence-electron chi connectivity index (χ4n) is 0.892. The first-order chi connectivity index (χ1) is 6.25. The van der Waals surface area contributed by atoms with Gasteiger partial charge < -0.3 is 0 Å². The van der Waals surface area contributed by atoms with Crippen LogP contribution in [0.1, 0.15) is 0 Å². The Kier molecular flexibility index (Phi) is 4.33. The van der Waals surface area contributed by atoms with Gasteiger partial charge in [-0.2, -0.15) is 0 Å². The Morgan fingerprint density at radius 3 is 1.86 bits per heavy atom. The maximum Gasteiger partial charge on any atom is 0.279 e. The van der Waals surface area contributed by atoms with Gasteiger partial charge in [-0.1, -0.05) is 46.4 Å². The van der Waals surface area contributed by atoms with Crippen molar-refractivity contribution >= 4 is 80.4 Å². The van der Waals surface area contributed by atoms with Crippen LogP contribution >= 0.6 is 68.6 Å². The molecule has 78 valence electrons. The lowest BCUT2D eigenvalue weighted by Gasteiger charge is -2.15. The molecule has 7 heteroatoms. The van der Waals surface area contributed by atoms with E-state index in [-0.39, 0.29) is 15.1 Å².